The van der Waals surface area contributed by atoms with Gasteiger partial charge in [0.25, 0.3) is 5.91 Å². The van der Waals surface area contributed by atoms with Crippen LogP contribution in [0.1, 0.15) is 37.9 Å². The van der Waals surface area contributed by atoms with Crippen LogP contribution in [0.4, 0.5) is 0 Å². The quantitative estimate of drug-likeness (QED) is 0.702. The molecule has 0 aromatic carbocycles. The number of amides is 1. The lowest BCUT2D eigenvalue weighted by atomic mass is 9.99. The predicted molar refractivity (Wildman–Crippen MR) is 111 cm³/mol. The van der Waals surface area contributed by atoms with Crippen molar-refractivity contribution < 1.29 is 23.8 Å². The number of carbonyl (C=O) groups excluding carboxylic acids is 2. The molecular weight excluding hydrogens is 406 g/mol. The fourth-order valence-electron chi connectivity index (χ4n) is 3.95. The van der Waals surface area contributed by atoms with E-state index in [2.05, 4.69) is 9.88 Å². The Morgan fingerprint density at radius 1 is 1.23 bits per heavy atom. The Hall–Kier alpha value is -2.49. The number of morpholine rings is 1. The van der Waals surface area contributed by atoms with Crippen LogP contribution in [-0.4, -0.2) is 71.0 Å². The summed E-state index contributed by atoms with van der Waals surface area (Å²) in [6.45, 7) is 9.27. The Morgan fingerprint density at radius 3 is 2.57 bits per heavy atom. The zero-order valence-corrected chi connectivity index (χ0v) is 18.1. The van der Waals surface area contributed by atoms with E-state index in [1.54, 1.807) is 26.0 Å². The van der Waals surface area contributed by atoms with Gasteiger partial charge in [0.1, 0.15) is 17.6 Å². The molecule has 1 N–H and O–H groups in total. The number of Topliss-reactive ketones (excluding diaryl/α,β-unsaturated/α-hetero) is 1. The summed E-state index contributed by atoms with van der Waals surface area (Å²) in [5.41, 5.74) is 0.652. The van der Waals surface area contributed by atoms with Crippen LogP contribution in [0.15, 0.2) is 27.9 Å². The molecule has 1 atom stereocenters. The molecule has 0 unspecified atom stereocenters. The number of thiazole rings is 1. The van der Waals surface area contributed by atoms with E-state index in [9.17, 15) is 14.7 Å². The van der Waals surface area contributed by atoms with Crippen molar-refractivity contribution in [2.24, 2.45) is 0 Å². The summed E-state index contributed by atoms with van der Waals surface area (Å²) in [6.07, 6.45) is 0. The Bertz CT molecular complexity index is 1000. The number of aliphatic hydroxyl groups excluding tert-OH is 1. The van der Waals surface area contributed by atoms with Crippen LogP contribution in [0.3, 0.4) is 0 Å². The number of aromatic nitrogens is 1. The summed E-state index contributed by atoms with van der Waals surface area (Å²) in [5.74, 6) is -0.296. The van der Waals surface area contributed by atoms with Crippen LogP contribution in [0.25, 0.3) is 0 Å². The summed E-state index contributed by atoms with van der Waals surface area (Å²) < 4.78 is 11.2. The average molecular weight is 432 g/mol. The average Bonchev–Trinajstić information content (AvgIpc) is 3.37. The lowest BCUT2D eigenvalue weighted by Gasteiger charge is -2.30. The molecule has 4 heterocycles. The largest absolute Gasteiger partial charge is 0.503 e. The van der Waals surface area contributed by atoms with Crippen molar-refractivity contribution in [3.8, 4) is 0 Å². The highest BCUT2D eigenvalue weighted by Gasteiger charge is 2.45. The van der Waals surface area contributed by atoms with Crippen LogP contribution >= 0.6 is 11.3 Å². The van der Waals surface area contributed by atoms with Crippen LogP contribution in [0.2, 0.25) is 0 Å². The lowest BCUT2D eigenvalue weighted by Crippen LogP contribution is -2.43. The molecule has 9 heteroatoms. The van der Waals surface area contributed by atoms with Crippen molar-refractivity contribution in [3.63, 3.8) is 0 Å². The minimum atomic E-state index is -0.762. The summed E-state index contributed by atoms with van der Waals surface area (Å²) >= 11 is 1.26. The molecule has 1 saturated heterocycles. The fourth-order valence-corrected chi connectivity index (χ4v) is 4.82. The predicted octanol–water partition coefficient (Wildman–Crippen LogP) is 2.57. The van der Waals surface area contributed by atoms with Crippen LogP contribution < -0.4 is 0 Å². The molecule has 8 nitrogen and oxygen atoms in total. The van der Waals surface area contributed by atoms with E-state index in [0.29, 0.717) is 48.4 Å². The monoisotopic (exact) mass is 431 g/mol. The van der Waals surface area contributed by atoms with E-state index in [0.717, 1.165) is 18.1 Å². The summed E-state index contributed by atoms with van der Waals surface area (Å²) in [5, 5.41) is 11.5. The molecule has 2 aromatic heterocycles. The zero-order chi connectivity index (χ0) is 21.4. The molecule has 0 radical (unpaired) electrons. The van der Waals surface area contributed by atoms with Crippen molar-refractivity contribution >= 4 is 23.0 Å². The summed E-state index contributed by atoms with van der Waals surface area (Å²) in [4.78, 5) is 34.8. The molecule has 2 aromatic rings. The first-order chi connectivity index (χ1) is 14.4. The maximum Gasteiger partial charge on any atom is 0.290 e. The van der Waals surface area contributed by atoms with E-state index in [1.807, 2.05) is 6.92 Å². The maximum atomic E-state index is 13.4. The van der Waals surface area contributed by atoms with Gasteiger partial charge in [-0.15, -0.1) is 11.3 Å². The number of furan rings is 1. The normalized spacial score (nSPS) is 20.4. The van der Waals surface area contributed by atoms with Gasteiger partial charge in [0.05, 0.1) is 34.4 Å². The smallest absolute Gasteiger partial charge is 0.290 e. The number of nitrogens with zero attached hydrogens (tertiary/aromatic N) is 3. The second-order valence-electron chi connectivity index (χ2n) is 7.54. The van der Waals surface area contributed by atoms with E-state index >= 15 is 0 Å². The second kappa shape index (κ2) is 8.33. The van der Waals surface area contributed by atoms with Crippen LogP contribution in [0, 0.1) is 20.8 Å². The molecule has 0 bridgehead atoms. The van der Waals surface area contributed by atoms with Gasteiger partial charge in [-0.3, -0.25) is 14.5 Å². The molecule has 0 spiro atoms. The maximum absolute atomic E-state index is 13.4. The molecule has 30 heavy (non-hydrogen) atoms. The van der Waals surface area contributed by atoms with Gasteiger partial charge < -0.3 is 19.2 Å². The Balaban J connectivity index is 1.67. The van der Waals surface area contributed by atoms with Crippen molar-refractivity contribution in [1.82, 2.24) is 14.8 Å². The van der Waals surface area contributed by atoms with Crippen LogP contribution in [0.5, 0.6) is 0 Å². The number of ether oxygens (including phenoxy) is 1. The number of aryl methyl sites for hydroxylation is 3. The Morgan fingerprint density at radius 2 is 1.97 bits per heavy atom. The van der Waals surface area contributed by atoms with Crippen LogP contribution in [-0.2, 0) is 9.53 Å². The number of carbonyl (C=O) groups is 2. The number of rotatable bonds is 6. The summed E-state index contributed by atoms with van der Waals surface area (Å²) in [6, 6.07) is 2.78. The standard InChI is InChI=1S/C21H25N3O5S/c1-12-4-5-15(29-12)17-16(18(25)20-13(2)22-14(3)30-20)19(26)21(27)24(17)7-6-23-8-10-28-11-9-23/h4-5,17,26H,6-11H2,1-3H3/t17-/m1/s1. The van der Waals surface area contributed by atoms with Gasteiger partial charge in [-0.05, 0) is 32.9 Å². The molecule has 0 saturated carbocycles. The number of hydrogen-bond acceptors (Lipinski definition) is 8. The van der Waals surface area contributed by atoms with Crippen molar-refractivity contribution in [1.29, 1.82) is 0 Å². The number of aliphatic hydroxyl groups is 1. The van der Waals surface area contributed by atoms with E-state index in [1.165, 1.54) is 16.2 Å². The van der Waals surface area contributed by atoms with Crippen molar-refractivity contribution in [2.45, 2.75) is 26.8 Å². The first kappa shape index (κ1) is 20.8. The lowest BCUT2D eigenvalue weighted by molar-refractivity contribution is -0.130. The molecule has 2 aliphatic rings. The van der Waals surface area contributed by atoms with Crippen molar-refractivity contribution in [3.05, 3.63) is 50.6 Å². The zero-order valence-electron chi connectivity index (χ0n) is 17.3. The van der Waals surface area contributed by atoms with Gasteiger partial charge in [-0.1, -0.05) is 0 Å². The minimum absolute atomic E-state index is 0.0584. The highest BCUT2D eigenvalue weighted by atomic mass is 32.1. The molecule has 1 fully saturated rings. The molecular formula is C21H25N3O5S. The molecule has 160 valence electrons. The highest BCUT2D eigenvalue weighted by Crippen LogP contribution is 2.40. The third kappa shape index (κ3) is 3.80. The Kier molecular flexibility index (Phi) is 5.77. The molecule has 2 aliphatic heterocycles. The van der Waals surface area contributed by atoms with E-state index < -0.39 is 17.7 Å². The van der Waals surface area contributed by atoms with Gasteiger partial charge in [-0.2, -0.15) is 0 Å². The minimum Gasteiger partial charge on any atom is -0.503 e. The molecule has 4 rings (SSSR count). The fraction of sp³-hybridized carbons (Fsp3) is 0.476. The van der Waals surface area contributed by atoms with Crippen molar-refractivity contribution in [2.75, 3.05) is 39.4 Å². The Labute approximate surface area is 178 Å². The highest BCUT2D eigenvalue weighted by molar-refractivity contribution is 7.14. The van der Waals surface area contributed by atoms with E-state index in [-0.39, 0.29) is 11.4 Å². The van der Waals surface area contributed by atoms with Gasteiger partial charge in [0, 0.05) is 26.2 Å². The third-order valence-electron chi connectivity index (χ3n) is 5.45. The van der Waals surface area contributed by atoms with Gasteiger partial charge in [-0.25, -0.2) is 4.98 Å². The first-order valence-corrected chi connectivity index (χ1v) is 10.8. The molecule has 0 aliphatic carbocycles. The summed E-state index contributed by atoms with van der Waals surface area (Å²) in [7, 11) is 0. The topological polar surface area (TPSA) is 96.1 Å². The van der Waals surface area contributed by atoms with E-state index in [4.69, 9.17) is 9.15 Å². The first-order valence-electron chi connectivity index (χ1n) is 9.96. The third-order valence-corrected chi connectivity index (χ3v) is 6.52. The number of ketones is 1. The van der Waals surface area contributed by atoms with Gasteiger partial charge in [0.15, 0.2) is 5.76 Å². The SMILES string of the molecule is Cc1ccc([C@@H]2C(C(=O)c3sc(C)nc3C)=C(O)C(=O)N2CCN2CCOCC2)o1. The molecule has 1 amide bonds. The number of hydrogen-bond donors (Lipinski definition) is 1. The van der Waals surface area contributed by atoms with Gasteiger partial charge >= 0.3 is 0 Å². The van der Waals surface area contributed by atoms with Gasteiger partial charge in [0.2, 0.25) is 5.78 Å². The second-order valence-corrected chi connectivity index (χ2v) is 8.75.